The average Bonchev–Trinajstić information content (AvgIpc) is 2.35. The van der Waals surface area contributed by atoms with E-state index in [0.717, 1.165) is 0 Å². The number of hydrogen-bond acceptors (Lipinski definition) is 4. The van der Waals surface area contributed by atoms with Gasteiger partial charge >= 0.3 is 5.69 Å². The van der Waals surface area contributed by atoms with E-state index in [4.69, 9.17) is 16.3 Å². The second kappa shape index (κ2) is 7.09. The molecule has 1 N–H and O–H groups in total. The molecular formula is C13H17ClN2O4. The first kappa shape index (κ1) is 16.2. The molecule has 1 rings (SSSR count). The van der Waals surface area contributed by atoms with Crippen molar-refractivity contribution in [2.45, 2.75) is 26.9 Å². The molecule has 1 amide bonds. The third-order valence-electron chi connectivity index (χ3n) is 2.48. The highest BCUT2D eigenvalue weighted by Crippen LogP contribution is 2.30. The standard InChI is InChI=1S/C13H17ClN2O4/c1-8(2)7-15-13(17)9(3)20-12-6-10(14)4-5-11(12)16(18)19/h4-6,8-9H,7H2,1-3H3,(H,15,17). The maximum Gasteiger partial charge on any atom is 0.311 e. The van der Waals surface area contributed by atoms with Crippen molar-refractivity contribution < 1.29 is 14.5 Å². The number of carbonyl (C=O) groups excluding carboxylic acids is 1. The van der Waals surface area contributed by atoms with Gasteiger partial charge in [0, 0.05) is 23.7 Å². The number of halogens is 1. The maximum absolute atomic E-state index is 11.8. The summed E-state index contributed by atoms with van der Waals surface area (Å²) in [7, 11) is 0. The Morgan fingerprint density at radius 1 is 1.45 bits per heavy atom. The van der Waals surface area contributed by atoms with Crippen LogP contribution in [0.15, 0.2) is 18.2 Å². The van der Waals surface area contributed by atoms with Gasteiger partial charge in [-0.2, -0.15) is 0 Å². The predicted octanol–water partition coefficient (Wildman–Crippen LogP) is 2.79. The van der Waals surface area contributed by atoms with E-state index in [9.17, 15) is 14.9 Å². The van der Waals surface area contributed by atoms with Crippen LogP contribution in [0.1, 0.15) is 20.8 Å². The molecule has 0 bridgehead atoms. The topological polar surface area (TPSA) is 81.5 Å². The summed E-state index contributed by atoms with van der Waals surface area (Å²) in [6.07, 6.45) is -0.842. The van der Waals surface area contributed by atoms with Gasteiger partial charge in [0.25, 0.3) is 5.91 Å². The zero-order valence-corrected chi connectivity index (χ0v) is 12.3. The molecule has 110 valence electrons. The fourth-order valence-electron chi connectivity index (χ4n) is 1.43. The Morgan fingerprint density at radius 2 is 2.10 bits per heavy atom. The Labute approximate surface area is 122 Å². The molecule has 1 aromatic rings. The van der Waals surface area contributed by atoms with E-state index < -0.39 is 11.0 Å². The van der Waals surface area contributed by atoms with E-state index in [-0.39, 0.29) is 17.3 Å². The van der Waals surface area contributed by atoms with Crippen LogP contribution in [-0.4, -0.2) is 23.5 Å². The summed E-state index contributed by atoms with van der Waals surface area (Å²) < 4.78 is 5.34. The largest absolute Gasteiger partial charge is 0.474 e. The molecule has 6 nitrogen and oxygen atoms in total. The van der Waals surface area contributed by atoms with Crippen molar-refractivity contribution in [3.8, 4) is 5.75 Å². The number of nitro groups is 1. The fraction of sp³-hybridized carbons (Fsp3) is 0.462. The van der Waals surface area contributed by atoms with E-state index >= 15 is 0 Å². The molecular weight excluding hydrogens is 284 g/mol. The van der Waals surface area contributed by atoms with Crippen LogP contribution in [0, 0.1) is 16.0 Å². The predicted molar refractivity (Wildman–Crippen MR) is 76.0 cm³/mol. The molecule has 0 aliphatic heterocycles. The van der Waals surface area contributed by atoms with Crippen molar-refractivity contribution in [2.75, 3.05) is 6.54 Å². The van der Waals surface area contributed by atoms with Gasteiger partial charge in [0.1, 0.15) is 0 Å². The first-order valence-corrected chi connectivity index (χ1v) is 6.57. The first-order valence-electron chi connectivity index (χ1n) is 6.19. The third-order valence-corrected chi connectivity index (χ3v) is 2.71. The highest BCUT2D eigenvalue weighted by atomic mass is 35.5. The van der Waals surface area contributed by atoms with Gasteiger partial charge in [-0.05, 0) is 18.9 Å². The Balaban J connectivity index is 2.79. The Hall–Kier alpha value is -1.82. The third kappa shape index (κ3) is 4.70. The number of hydrogen-bond donors (Lipinski definition) is 1. The summed E-state index contributed by atoms with van der Waals surface area (Å²) in [5.74, 6) is -0.0330. The van der Waals surface area contributed by atoms with Crippen LogP contribution in [0.5, 0.6) is 5.75 Å². The van der Waals surface area contributed by atoms with Gasteiger partial charge in [-0.25, -0.2) is 0 Å². The molecule has 1 atom stereocenters. The van der Waals surface area contributed by atoms with Gasteiger partial charge in [-0.15, -0.1) is 0 Å². The summed E-state index contributed by atoms with van der Waals surface area (Å²) in [4.78, 5) is 22.1. The van der Waals surface area contributed by atoms with Crippen molar-refractivity contribution in [3.05, 3.63) is 33.3 Å². The molecule has 1 unspecified atom stereocenters. The number of benzene rings is 1. The Morgan fingerprint density at radius 3 is 2.65 bits per heavy atom. The Bertz CT molecular complexity index is 505. The molecule has 0 saturated heterocycles. The van der Waals surface area contributed by atoms with E-state index in [1.807, 2.05) is 13.8 Å². The molecule has 0 aromatic heterocycles. The van der Waals surface area contributed by atoms with E-state index in [1.54, 1.807) is 0 Å². The summed E-state index contributed by atoms with van der Waals surface area (Å²) in [6, 6.07) is 3.97. The summed E-state index contributed by atoms with van der Waals surface area (Å²) in [5.41, 5.74) is -0.224. The molecule has 0 saturated carbocycles. The SMILES string of the molecule is CC(C)CNC(=O)C(C)Oc1cc(Cl)ccc1[N+](=O)[O-]. The van der Waals surface area contributed by atoms with Crippen molar-refractivity contribution in [2.24, 2.45) is 5.92 Å². The minimum Gasteiger partial charge on any atom is -0.474 e. The quantitative estimate of drug-likeness (QED) is 0.647. The van der Waals surface area contributed by atoms with Gasteiger partial charge in [0.05, 0.1) is 4.92 Å². The molecule has 0 spiro atoms. The maximum atomic E-state index is 11.8. The highest BCUT2D eigenvalue weighted by molar-refractivity contribution is 6.30. The van der Waals surface area contributed by atoms with Crippen LogP contribution in [-0.2, 0) is 4.79 Å². The molecule has 0 heterocycles. The van der Waals surface area contributed by atoms with Crippen LogP contribution in [0.4, 0.5) is 5.69 Å². The summed E-state index contributed by atoms with van der Waals surface area (Å²) >= 11 is 5.78. The lowest BCUT2D eigenvalue weighted by Crippen LogP contribution is -2.38. The zero-order valence-electron chi connectivity index (χ0n) is 11.6. The molecule has 20 heavy (non-hydrogen) atoms. The molecule has 1 aromatic carbocycles. The molecule has 0 radical (unpaired) electrons. The minimum atomic E-state index is -0.842. The van der Waals surface area contributed by atoms with E-state index in [1.165, 1.54) is 25.1 Å². The zero-order chi connectivity index (χ0) is 15.3. The second-order valence-corrected chi connectivity index (χ2v) is 5.20. The van der Waals surface area contributed by atoms with Gasteiger partial charge in [-0.1, -0.05) is 25.4 Å². The fourth-order valence-corrected chi connectivity index (χ4v) is 1.59. The number of nitro benzene ring substituents is 1. The second-order valence-electron chi connectivity index (χ2n) is 4.77. The first-order chi connectivity index (χ1) is 9.31. The van der Waals surface area contributed by atoms with E-state index in [0.29, 0.717) is 17.5 Å². The number of carbonyl (C=O) groups is 1. The monoisotopic (exact) mass is 300 g/mol. The molecule has 0 aliphatic carbocycles. The van der Waals surface area contributed by atoms with E-state index in [2.05, 4.69) is 5.32 Å². The lowest BCUT2D eigenvalue weighted by atomic mass is 10.2. The molecule has 0 aliphatic rings. The van der Waals surface area contributed by atoms with Crippen molar-refractivity contribution in [3.63, 3.8) is 0 Å². The van der Waals surface area contributed by atoms with Crippen LogP contribution in [0.3, 0.4) is 0 Å². The number of nitrogens with one attached hydrogen (secondary N) is 1. The van der Waals surface area contributed by atoms with Gasteiger partial charge in [0.2, 0.25) is 0 Å². The number of nitrogens with zero attached hydrogens (tertiary/aromatic N) is 1. The van der Waals surface area contributed by atoms with Crippen molar-refractivity contribution in [1.29, 1.82) is 0 Å². The molecule has 0 fully saturated rings. The summed E-state index contributed by atoms with van der Waals surface area (Å²) in [5, 5.41) is 13.9. The van der Waals surface area contributed by atoms with Gasteiger partial charge in [0.15, 0.2) is 11.9 Å². The van der Waals surface area contributed by atoms with Crippen molar-refractivity contribution >= 4 is 23.2 Å². The van der Waals surface area contributed by atoms with Crippen LogP contribution in [0.25, 0.3) is 0 Å². The Kier molecular flexibility index (Phi) is 5.76. The lowest BCUT2D eigenvalue weighted by Gasteiger charge is -2.15. The van der Waals surface area contributed by atoms with Crippen molar-refractivity contribution in [1.82, 2.24) is 5.32 Å². The normalized spacial score (nSPS) is 12.1. The lowest BCUT2D eigenvalue weighted by molar-refractivity contribution is -0.386. The molecule has 7 heteroatoms. The van der Waals surface area contributed by atoms with Gasteiger partial charge in [-0.3, -0.25) is 14.9 Å². The van der Waals surface area contributed by atoms with Gasteiger partial charge < -0.3 is 10.1 Å². The highest BCUT2D eigenvalue weighted by Gasteiger charge is 2.21. The average molecular weight is 301 g/mol. The van der Waals surface area contributed by atoms with Crippen LogP contribution >= 0.6 is 11.6 Å². The van der Waals surface area contributed by atoms with Crippen LogP contribution in [0.2, 0.25) is 5.02 Å². The minimum absolute atomic E-state index is 0.0188. The summed E-state index contributed by atoms with van der Waals surface area (Å²) in [6.45, 7) is 5.98. The number of amides is 1. The van der Waals surface area contributed by atoms with Crippen LogP contribution < -0.4 is 10.1 Å². The number of ether oxygens (including phenoxy) is 1. The smallest absolute Gasteiger partial charge is 0.311 e. The number of rotatable bonds is 6.